The van der Waals surface area contributed by atoms with Crippen LogP contribution in [0.4, 0.5) is 0 Å². The molecule has 1 rings (SSSR count). The number of nitrogens with one attached hydrogen (secondary N) is 1. The minimum atomic E-state index is -0.379. The van der Waals surface area contributed by atoms with Crippen molar-refractivity contribution in [3.63, 3.8) is 0 Å². The highest BCUT2D eigenvalue weighted by atomic mass is 16.2. The van der Waals surface area contributed by atoms with Crippen LogP contribution in [0.3, 0.4) is 0 Å². The molecule has 4 heteroatoms. The van der Waals surface area contributed by atoms with Gasteiger partial charge in [0.15, 0.2) is 0 Å². The zero-order valence-electron chi connectivity index (χ0n) is 8.46. The van der Waals surface area contributed by atoms with Crippen LogP contribution in [0.2, 0.25) is 0 Å². The maximum atomic E-state index is 11.3. The van der Waals surface area contributed by atoms with Crippen LogP contribution < -0.4 is 11.2 Å². The van der Waals surface area contributed by atoms with E-state index in [9.17, 15) is 9.59 Å². The molecule has 0 bridgehead atoms. The van der Waals surface area contributed by atoms with E-state index in [1.165, 1.54) is 4.57 Å². The van der Waals surface area contributed by atoms with E-state index < -0.39 is 0 Å². The van der Waals surface area contributed by atoms with Crippen LogP contribution in [0.5, 0.6) is 0 Å². The van der Waals surface area contributed by atoms with Crippen molar-refractivity contribution in [2.45, 2.75) is 26.8 Å². The van der Waals surface area contributed by atoms with Crippen molar-refractivity contribution in [3.8, 4) is 0 Å². The first-order valence-electron chi connectivity index (χ1n) is 4.51. The summed E-state index contributed by atoms with van der Waals surface area (Å²) in [6, 6.07) is 0. The average molecular weight is 194 g/mol. The number of aromatic nitrogens is 2. The van der Waals surface area contributed by atoms with Gasteiger partial charge in [-0.1, -0.05) is 19.1 Å². The fourth-order valence-corrected chi connectivity index (χ4v) is 1.21. The summed E-state index contributed by atoms with van der Waals surface area (Å²) in [5.41, 5.74) is 0.817. The van der Waals surface area contributed by atoms with Gasteiger partial charge in [0.2, 0.25) is 0 Å². The topological polar surface area (TPSA) is 54.9 Å². The minimum Gasteiger partial charge on any atom is -0.296 e. The number of aryl methyl sites for hydroxylation is 1. The first kappa shape index (κ1) is 10.5. The van der Waals surface area contributed by atoms with Gasteiger partial charge in [-0.3, -0.25) is 14.3 Å². The molecule has 0 radical (unpaired) electrons. The van der Waals surface area contributed by atoms with Crippen LogP contribution >= 0.6 is 0 Å². The molecular weight excluding hydrogens is 180 g/mol. The summed E-state index contributed by atoms with van der Waals surface area (Å²) in [6.07, 6.45) is 2.21. The highest BCUT2D eigenvalue weighted by Crippen LogP contribution is 1.93. The van der Waals surface area contributed by atoms with Crippen LogP contribution in [0.15, 0.2) is 27.9 Å². The molecule has 0 amide bonds. The molecule has 0 unspecified atom stereocenters. The second-order valence-corrected chi connectivity index (χ2v) is 3.35. The molecule has 1 heterocycles. The van der Waals surface area contributed by atoms with Gasteiger partial charge in [-0.05, 0) is 13.3 Å². The molecule has 76 valence electrons. The molecule has 0 atom stereocenters. The van der Waals surface area contributed by atoms with Gasteiger partial charge in [-0.2, -0.15) is 0 Å². The van der Waals surface area contributed by atoms with Crippen molar-refractivity contribution >= 4 is 0 Å². The molecule has 0 spiro atoms. The molecule has 1 N–H and O–H groups in total. The molecule has 0 aliphatic carbocycles. The first-order chi connectivity index (χ1) is 6.54. The van der Waals surface area contributed by atoms with Gasteiger partial charge < -0.3 is 0 Å². The third-order valence-electron chi connectivity index (χ3n) is 1.91. The smallest absolute Gasteiger partial charge is 0.296 e. The van der Waals surface area contributed by atoms with Gasteiger partial charge in [0.25, 0.3) is 5.56 Å². The number of nitrogens with zero attached hydrogens (tertiary/aromatic N) is 1. The quantitative estimate of drug-likeness (QED) is 0.719. The Morgan fingerprint density at radius 3 is 2.71 bits per heavy atom. The molecule has 0 aromatic carbocycles. The molecule has 0 aliphatic rings. The largest absolute Gasteiger partial charge is 0.328 e. The first-order valence-corrected chi connectivity index (χ1v) is 4.51. The standard InChI is InChI=1S/C10H14N2O2/c1-4-8-6-12(5-7(2)3)10(14)11-9(8)13/h6H,2,4-5H2,1,3H3,(H,11,13,14). The van der Waals surface area contributed by atoms with E-state index >= 15 is 0 Å². The van der Waals surface area contributed by atoms with Crippen LogP contribution in [0, 0.1) is 0 Å². The lowest BCUT2D eigenvalue weighted by molar-refractivity contribution is 0.700. The number of hydrogen-bond acceptors (Lipinski definition) is 2. The second kappa shape index (κ2) is 4.09. The second-order valence-electron chi connectivity index (χ2n) is 3.35. The molecule has 0 saturated carbocycles. The van der Waals surface area contributed by atoms with E-state index in [-0.39, 0.29) is 11.2 Å². The molecule has 4 nitrogen and oxygen atoms in total. The van der Waals surface area contributed by atoms with E-state index in [0.29, 0.717) is 18.5 Å². The molecule has 1 aromatic heterocycles. The van der Waals surface area contributed by atoms with E-state index in [2.05, 4.69) is 11.6 Å². The zero-order chi connectivity index (χ0) is 10.7. The summed E-state index contributed by atoms with van der Waals surface area (Å²) in [5, 5.41) is 0. The van der Waals surface area contributed by atoms with E-state index in [1.807, 2.05) is 13.8 Å². The lowest BCUT2D eigenvalue weighted by Gasteiger charge is -2.05. The Labute approximate surface area is 81.9 Å². The van der Waals surface area contributed by atoms with Gasteiger partial charge in [-0.25, -0.2) is 4.79 Å². The third-order valence-corrected chi connectivity index (χ3v) is 1.91. The number of allylic oxidation sites excluding steroid dienone is 1. The fraction of sp³-hybridized carbons (Fsp3) is 0.400. The van der Waals surface area contributed by atoms with Crippen molar-refractivity contribution in [1.82, 2.24) is 9.55 Å². The molecule has 0 fully saturated rings. The predicted octanol–water partition coefficient (Wildman–Crippen LogP) is 0.675. The number of H-pyrrole nitrogens is 1. The Morgan fingerprint density at radius 2 is 2.21 bits per heavy atom. The minimum absolute atomic E-state index is 0.296. The Balaban J connectivity index is 3.24. The third kappa shape index (κ3) is 2.22. The van der Waals surface area contributed by atoms with Gasteiger partial charge in [0.1, 0.15) is 0 Å². The van der Waals surface area contributed by atoms with Gasteiger partial charge in [0.05, 0.1) is 0 Å². The van der Waals surface area contributed by atoms with Crippen molar-refractivity contribution < 1.29 is 0 Å². The predicted molar refractivity (Wildman–Crippen MR) is 55.5 cm³/mol. The van der Waals surface area contributed by atoms with Gasteiger partial charge in [-0.15, -0.1) is 0 Å². The Morgan fingerprint density at radius 1 is 1.57 bits per heavy atom. The molecule has 0 aliphatic heterocycles. The van der Waals surface area contributed by atoms with Gasteiger partial charge >= 0.3 is 5.69 Å². The van der Waals surface area contributed by atoms with Crippen molar-refractivity contribution in [3.05, 3.63) is 44.8 Å². The lowest BCUT2D eigenvalue weighted by Crippen LogP contribution is -2.31. The van der Waals surface area contributed by atoms with E-state index in [4.69, 9.17) is 0 Å². The van der Waals surface area contributed by atoms with Crippen molar-refractivity contribution in [2.24, 2.45) is 0 Å². The van der Waals surface area contributed by atoms with Crippen LogP contribution in [-0.4, -0.2) is 9.55 Å². The van der Waals surface area contributed by atoms with Crippen LogP contribution in [-0.2, 0) is 13.0 Å². The van der Waals surface area contributed by atoms with Crippen LogP contribution in [0.25, 0.3) is 0 Å². The Hall–Kier alpha value is -1.58. The highest BCUT2D eigenvalue weighted by Gasteiger charge is 2.02. The Bertz CT molecular complexity index is 454. The number of rotatable bonds is 3. The normalized spacial score (nSPS) is 10.1. The number of aromatic amines is 1. The number of hydrogen-bond donors (Lipinski definition) is 1. The molecule has 1 aromatic rings. The zero-order valence-corrected chi connectivity index (χ0v) is 8.46. The Kier molecular flexibility index (Phi) is 3.06. The summed E-state index contributed by atoms with van der Waals surface area (Å²) in [4.78, 5) is 24.8. The fourth-order valence-electron chi connectivity index (χ4n) is 1.21. The molecule has 0 saturated heterocycles. The monoisotopic (exact) mass is 194 g/mol. The summed E-state index contributed by atoms with van der Waals surface area (Å²) in [7, 11) is 0. The van der Waals surface area contributed by atoms with Crippen LogP contribution in [0.1, 0.15) is 19.4 Å². The van der Waals surface area contributed by atoms with Crippen molar-refractivity contribution in [2.75, 3.05) is 0 Å². The summed E-state index contributed by atoms with van der Waals surface area (Å²) in [5.74, 6) is 0. The lowest BCUT2D eigenvalue weighted by atomic mass is 10.2. The molecular formula is C10H14N2O2. The summed E-state index contributed by atoms with van der Waals surface area (Å²) >= 11 is 0. The molecule has 14 heavy (non-hydrogen) atoms. The average Bonchev–Trinajstić information content (AvgIpc) is 2.09. The maximum absolute atomic E-state index is 11.3. The van der Waals surface area contributed by atoms with Crippen molar-refractivity contribution in [1.29, 1.82) is 0 Å². The SMILES string of the molecule is C=C(C)Cn1cc(CC)c(=O)[nH]c1=O. The summed E-state index contributed by atoms with van der Waals surface area (Å²) in [6.45, 7) is 7.88. The van der Waals surface area contributed by atoms with Gasteiger partial charge in [0, 0.05) is 18.3 Å². The van der Waals surface area contributed by atoms with E-state index in [1.54, 1.807) is 6.20 Å². The summed E-state index contributed by atoms with van der Waals surface area (Å²) < 4.78 is 1.46. The maximum Gasteiger partial charge on any atom is 0.328 e. The van der Waals surface area contributed by atoms with E-state index in [0.717, 1.165) is 5.57 Å². The highest BCUT2D eigenvalue weighted by molar-refractivity contribution is 5.05.